The number of carbonyl (C=O) groups is 1. The number of halogens is 2. The van der Waals surface area contributed by atoms with Gasteiger partial charge in [-0.15, -0.1) is 0 Å². The maximum atomic E-state index is 13.6. The van der Waals surface area contributed by atoms with E-state index < -0.39 is 27.4 Å². The fraction of sp³-hybridized carbons (Fsp3) is 0.368. The number of aromatic nitrogens is 2. The van der Waals surface area contributed by atoms with Crippen molar-refractivity contribution in [3.63, 3.8) is 0 Å². The molecular weight excluding hydrogens is 537 g/mol. The second-order valence-electron chi connectivity index (χ2n) is 8.33. The van der Waals surface area contributed by atoms with Crippen molar-refractivity contribution in [1.29, 1.82) is 0 Å². The number of hydrogen-bond donors (Lipinski definition) is 3. The van der Waals surface area contributed by atoms with E-state index in [-0.39, 0.29) is 34.9 Å². The SMILES string of the molecule is CC(C)(C)C(=O)O/N=C(\Nc1ccc(F)c(Br)c1)c1nonc1NCC1=CN(S(N)(=O)=O)CC1. The van der Waals surface area contributed by atoms with Gasteiger partial charge in [0, 0.05) is 25.0 Å². The van der Waals surface area contributed by atoms with Gasteiger partial charge >= 0.3 is 5.97 Å². The summed E-state index contributed by atoms with van der Waals surface area (Å²) >= 11 is 3.11. The third kappa shape index (κ3) is 6.51. The van der Waals surface area contributed by atoms with Crippen molar-refractivity contribution in [2.45, 2.75) is 27.2 Å². The van der Waals surface area contributed by atoms with Crippen LogP contribution in [0.2, 0.25) is 0 Å². The molecule has 0 atom stereocenters. The largest absolute Gasteiger partial charge is 0.361 e. The zero-order valence-electron chi connectivity index (χ0n) is 18.5. The molecule has 0 aliphatic carbocycles. The summed E-state index contributed by atoms with van der Waals surface area (Å²) < 4.78 is 42.7. The number of nitrogens with two attached hydrogens (primary N) is 1. The number of oxime groups is 1. The molecule has 0 saturated heterocycles. The van der Waals surface area contributed by atoms with Gasteiger partial charge in [-0.2, -0.15) is 8.42 Å². The second-order valence-corrected chi connectivity index (χ2v) is 10.7. The van der Waals surface area contributed by atoms with Crippen LogP contribution in [-0.2, 0) is 19.8 Å². The standard InChI is InChI=1S/C19H23BrFN7O5S/c1-19(2,3)18(29)32-26-17(24-12-4-5-14(21)13(20)8-12)15-16(27-33-25-15)23-9-11-6-7-28(10-11)34(22,30)31/h4-5,8,10H,6-7,9H2,1-3H3,(H,23,27)(H,24,26)(H2,22,30,31). The molecule has 0 amide bonds. The minimum Gasteiger partial charge on any atom is -0.361 e. The average molecular weight is 560 g/mol. The van der Waals surface area contributed by atoms with Crippen LogP contribution in [0.3, 0.4) is 0 Å². The van der Waals surface area contributed by atoms with Gasteiger partial charge in [0.25, 0.3) is 10.2 Å². The zero-order chi connectivity index (χ0) is 25.1. The lowest BCUT2D eigenvalue weighted by atomic mass is 9.98. The van der Waals surface area contributed by atoms with E-state index in [4.69, 9.17) is 14.6 Å². The van der Waals surface area contributed by atoms with Gasteiger partial charge in [-0.05, 0) is 77.2 Å². The van der Waals surface area contributed by atoms with Crippen molar-refractivity contribution in [1.82, 2.24) is 14.6 Å². The summed E-state index contributed by atoms with van der Waals surface area (Å²) in [6.07, 6.45) is 1.90. The van der Waals surface area contributed by atoms with Crippen molar-refractivity contribution in [2.75, 3.05) is 23.7 Å². The summed E-state index contributed by atoms with van der Waals surface area (Å²) in [4.78, 5) is 17.3. The molecule has 4 N–H and O–H groups in total. The van der Waals surface area contributed by atoms with Crippen LogP contribution in [0, 0.1) is 11.2 Å². The predicted molar refractivity (Wildman–Crippen MR) is 125 cm³/mol. The third-order valence-electron chi connectivity index (χ3n) is 4.52. The Morgan fingerprint density at radius 1 is 1.38 bits per heavy atom. The lowest BCUT2D eigenvalue weighted by molar-refractivity contribution is -0.152. The van der Waals surface area contributed by atoms with E-state index in [1.54, 1.807) is 20.8 Å². The molecule has 2 aromatic rings. The Balaban J connectivity index is 1.84. The van der Waals surface area contributed by atoms with Crippen LogP contribution in [0.5, 0.6) is 0 Å². The van der Waals surface area contributed by atoms with Gasteiger partial charge in [0.2, 0.25) is 11.7 Å². The molecule has 184 valence electrons. The molecule has 3 rings (SSSR count). The second kappa shape index (κ2) is 10.1. The molecule has 12 nitrogen and oxygen atoms in total. The van der Waals surface area contributed by atoms with E-state index in [0.717, 1.165) is 9.88 Å². The molecule has 1 aromatic carbocycles. The number of nitrogens with zero attached hydrogens (tertiary/aromatic N) is 4. The van der Waals surface area contributed by atoms with Crippen molar-refractivity contribution in [3.05, 3.63) is 46.0 Å². The van der Waals surface area contributed by atoms with Gasteiger partial charge in [0.05, 0.1) is 9.89 Å². The number of anilines is 2. The Kier molecular flexibility index (Phi) is 7.57. The summed E-state index contributed by atoms with van der Waals surface area (Å²) in [5.74, 6) is -0.954. The number of benzene rings is 1. The average Bonchev–Trinajstić information content (AvgIpc) is 3.40. The maximum Gasteiger partial charge on any atom is 0.340 e. The molecule has 2 heterocycles. The van der Waals surface area contributed by atoms with Crippen LogP contribution in [0.4, 0.5) is 15.9 Å². The first-order chi connectivity index (χ1) is 15.8. The highest BCUT2D eigenvalue weighted by Crippen LogP contribution is 2.23. The highest BCUT2D eigenvalue weighted by Gasteiger charge is 2.26. The molecular formula is C19H23BrFN7O5S. The zero-order valence-corrected chi connectivity index (χ0v) is 20.9. The van der Waals surface area contributed by atoms with Gasteiger partial charge in [-0.3, -0.25) is 4.31 Å². The lowest BCUT2D eigenvalue weighted by Crippen LogP contribution is -2.30. The summed E-state index contributed by atoms with van der Waals surface area (Å²) in [5.41, 5.74) is 0.413. The normalized spacial score (nSPS) is 14.7. The molecule has 34 heavy (non-hydrogen) atoms. The molecule has 0 fully saturated rings. The summed E-state index contributed by atoms with van der Waals surface area (Å²) in [6, 6.07) is 4.14. The van der Waals surface area contributed by atoms with Gasteiger partial charge in [-0.25, -0.2) is 19.0 Å². The monoisotopic (exact) mass is 559 g/mol. The first-order valence-corrected chi connectivity index (χ1v) is 12.2. The highest BCUT2D eigenvalue weighted by molar-refractivity contribution is 9.10. The Bertz CT molecular complexity index is 1240. The van der Waals surface area contributed by atoms with Crippen molar-refractivity contribution < 1.29 is 27.1 Å². The third-order valence-corrected chi connectivity index (χ3v) is 6.07. The van der Waals surface area contributed by atoms with Crippen LogP contribution in [0.15, 0.2) is 44.2 Å². The number of carbonyl (C=O) groups excluding carboxylic acids is 1. The van der Waals surface area contributed by atoms with Crippen molar-refractivity contribution >= 4 is 49.4 Å². The van der Waals surface area contributed by atoms with Crippen LogP contribution in [0.25, 0.3) is 0 Å². The van der Waals surface area contributed by atoms with E-state index in [2.05, 4.69) is 42.0 Å². The van der Waals surface area contributed by atoms with E-state index in [9.17, 15) is 17.6 Å². The van der Waals surface area contributed by atoms with E-state index >= 15 is 0 Å². The van der Waals surface area contributed by atoms with Crippen LogP contribution >= 0.6 is 15.9 Å². The molecule has 0 bridgehead atoms. The number of hydrogen-bond acceptors (Lipinski definition) is 9. The minimum atomic E-state index is -3.82. The van der Waals surface area contributed by atoms with Gasteiger partial charge in [0.15, 0.2) is 5.69 Å². The number of amidine groups is 1. The lowest BCUT2D eigenvalue weighted by Gasteiger charge is -2.14. The summed E-state index contributed by atoms with van der Waals surface area (Å²) in [7, 11) is -3.82. The Morgan fingerprint density at radius 2 is 2.12 bits per heavy atom. The topological polar surface area (TPSA) is 165 Å². The van der Waals surface area contributed by atoms with E-state index in [1.807, 2.05) is 0 Å². The van der Waals surface area contributed by atoms with Crippen LogP contribution in [-0.4, -0.2) is 47.9 Å². The minimum absolute atomic E-state index is 0.0357. The summed E-state index contributed by atoms with van der Waals surface area (Å²) in [5, 5.41) is 22.6. The van der Waals surface area contributed by atoms with Gasteiger partial charge < -0.3 is 15.5 Å². The number of nitrogens with one attached hydrogen (secondary N) is 2. The van der Waals surface area contributed by atoms with E-state index in [0.29, 0.717) is 12.1 Å². The van der Waals surface area contributed by atoms with Crippen molar-refractivity contribution in [3.8, 4) is 0 Å². The first-order valence-electron chi connectivity index (χ1n) is 9.92. The van der Waals surface area contributed by atoms with E-state index in [1.165, 1.54) is 24.4 Å². The molecule has 1 aromatic heterocycles. The van der Waals surface area contributed by atoms with Crippen LogP contribution < -0.4 is 15.8 Å². The quantitative estimate of drug-likeness (QED) is 0.200. The molecule has 0 spiro atoms. The molecule has 1 aliphatic heterocycles. The fourth-order valence-electron chi connectivity index (χ4n) is 2.64. The first kappa shape index (κ1) is 25.6. The fourth-order valence-corrected chi connectivity index (χ4v) is 3.66. The molecule has 0 unspecified atom stereocenters. The summed E-state index contributed by atoms with van der Waals surface area (Å²) in [6.45, 7) is 5.44. The smallest absolute Gasteiger partial charge is 0.340 e. The Labute approximate surface area is 203 Å². The molecule has 0 saturated carbocycles. The predicted octanol–water partition coefficient (Wildman–Crippen LogP) is 2.54. The molecule has 1 aliphatic rings. The molecule has 0 radical (unpaired) electrons. The maximum absolute atomic E-state index is 13.6. The number of rotatable bonds is 7. The Morgan fingerprint density at radius 3 is 2.74 bits per heavy atom. The van der Waals surface area contributed by atoms with Crippen molar-refractivity contribution in [2.24, 2.45) is 15.7 Å². The van der Waals surface area contributed by atoms with Gasteiger partial charge in [-0.1, -0.05) is 5.16 Å². The Hall–Kier alpha value is -3.04. The molecule has 15 heteroatoms. The van der Waals surface area contributed by atoms with Crippen LogP contribution in [0.1, 0.15) is 32.9 Å². The highest BCUT2D eigenvalue weighted by atomic mass is 79.9. The van der Waals surface area contributed by atoms with Gasteiger partial charge in [0.1, 0.15) is 5.82 Å².